The predicted octanol–water partition coefficient (Wildman–Crippen LogP) is 3.09. The normalized spacial score (nSPS) is 12.1. The number of nitrogens with one attached hydrogen (secondary N) is 1. The van der Waals surface area contributed by atoms with E-state index in [1.807, 2.05) is 44.2 Å². The molecule has 0 aliphatic heterocycles. The average Bonchev–Trinajstić information content (AvgIpc) is 2.75. The summed E-state index contributed by atoms with van der Waals surface area (Å²) in [5, 5.41) is 2.77. The minimum absolute atomic E-state index is 0.133. The second kappa shape index (κ2) is 11.7. The van der Waals surface area contributed by atoms with E-state index in [1.165, 1.54) is 4.31 Å². The lowest BCUT2D eigenvalue weighted by Crippen LogP contribution is -2.47. The summed E-state index contributed by atoms with van der Waals surface area (Å²) in [7, 11) is -3.48. The van der Waals surface area contributed by atoms with Crippen molar-refractivity contribution in [3.8, 4) is 0 Å². The summed E-state index contributed by atoms with van der Waals surface area (Å²) >= 11 is 0. The number of anilines is 1. The summed E-state index contributed by atoms with van der Waals surface area (Å²) in [6.07, 6.45) is 1.63. The Morgan fingerprint density at radius 3 is 2.22 bits per heavy atom. The highest BCUT2D eigenvalue weighted by Gasteiger charge is 2.26. The first-order valence-corrected chi connectivity index (χ1v) is 12.6. The molecule has 1 N–H and O–H groups in total. The summed E-state index contributed by atoms with van der Waals surface area (Å²) in [5.74, 6) is -0.402. The van der Waals surface area contributed by atoms with Gasteiger partial charge in [-0.1, -0.05) is 48.0 Å². The molecule has 0 spiro atoms. The Morgan fingerprint density at radius 2 is 1.66 bits per heavy atom. The van der Waals surface area contributed by atoms with Crippen LogP contribution in [0.1, 0.15) is 37.8 Å². The van der Waals surface area contributed by atoms with Crippen molar-refractivity contribution in [1.82, 2.24) is 10.2 Å². The number of sulfonamides is 1. The van der Waals surface area contributed by atoms with Crippen LogP contribution in [0.25, 0.3) is 0 Å². The van der Waals surface area contributed by atoms with Crippen molar-refractivity contribution in [2.75, 3.05) is 23.7 Å². The Kier molecular flexibility index (Phi) is 9.26. The highest BCUT2D eigenvalue weighted by Crippen LogP contribution is 2.18. The van der Waals surface area contributed by atoms with Crippen molar-refractivity contribution in [2.45, 2.75) is 46.2 Å². The lowest BCUT2D eigenvalue weighted by Gasteiger charge is -2.29. The largest absolute Gasteiger partial charge is 0.355 e. The number of benzene rings is 2. The molecule has 2 aromatic carbocycles. The molecule has 174 valence electrons. The third kappa shape index (κ3) is 7.37. The van der Waals surface area contributed by atoms with Crippen LogP contribution in [0, 0.1) is 6.92 Å². The fourth-order valence-corrected chi connectivity index (χ4v) is 4.36. The minimum atomic E-state index is -3.48. The van der Waals surface area contributed by atoms with Gasteiger partial charge in [0.15, 0.2) is 0 Å². The molecule has 0 bridgehead atoms. The van der Waals surface area contributed by atoms with E-state index < -0.39 is 16.1 Å². The van der Waals surface area contributed by atoms with Crippen LogP contribution in [0.2, 0.25) is 0 Å². The summed E-state index contributed by atoms with van der Waals surface area (Å²) < 4.78 is 25.8. The van der Waals surface area contributed by atoms with Crippen molar-refractivity contribution >= 4 is 27.5 Å². The van der Waals surface area contributed by atoms with Gasteiger partial charge in [-0.2, -0.15) is 0 Å². The maximum Gasteiger partial charge on any atom is 0.242 e. The Morgan fingerprint density at radius 1 is 1.03 bits per heavy atom. The van der Waals surface area contributed by atoms with E-state index in [-0.39, 0.29) is 24.8 Å². The van der Waals surface area contributed by atoms with Crippen LogP contribution in [0.3, 0.4) is 0 Å². The van der Waals surface area contributed by atoms with Gasteiger partial charge in [0.05, 0.1) is 11.9 Å². The first-order chi connectivity index (χ1) is 15.1. The number of aryl methyl sites for hydroxylation is 1. The lowest BCUT2D eigenvalue weighted by atomic mass is 10.1. The third-order valence-corrected chi connectivity index (χ3v) is 6.38. The van der Waals surface area contributed by atoms with Gasteiger partial charge in [-0.3, -0.25) is 13.9 Å². The molecule has 0 aromatic heterocycles. The van der Waals surface area contributed by atoms with Crippen molar-refractivity contribution < 1.29 is 18.0 Å². The monoisotopic (exact) mass is 459 g/mol. The van der Waals surface area contributed by atoms with Crippen LogP contribution in [0.4, 0.5) is 5.69 Å². The van der Waals surface area contributed by atoms with Gasteiger partial charge in [0.1, 0.15) is 6.04 Å². The zero-order chi connectivity index (χ0) is 23.7. The van der Waals surface area contributed by atoms with Gasteiger partial charge < -0.3 is 10.2 Å². The quantitative estimate of drug-likeness (QED) is 0.559. The molecule has 2 amide bonds. The second-order valence-electron chi connectivity index (χ2n) is 7.85. The molecular weight excluding hydrogens is 426 g/mol. The Labute approximate surface area is 191 Å². The number of nitrogens with zero attached hydrogens (tertiary/aromatic N) is 2. The maximum atomic E-state index is 13.1. The molecule has 0 unspecified atom stereocenters. The van der Waals surface area contributed by atoms with E-state index in [4.69, 9.17) is 0 Å². The molecule has 1 atom stereocenters. The van der Waals surface area contributed by atoms with Gasteiger partial charge in [0.2, 0.25) is 21.8 Å². The number of carbonyl (C=O) groups is 2. The molecule has 7 nitrogen and oxygen atoms in total. The van der Waals surface area contributed by atoms with E-state index in [0.717, 1.165) is 17.4 Å². The SMILES string of the molecule is CCNC(=O)[C@@H](C)N(Cc1ccc(C)cc1)C(=O)CCCN(c1ccccc1)S(C)(=O)=O. The molecule has 0 heterocycles. The zero-order valence-electron chi connectivity index (χ0n) is 19.2. The summed E-state index contributed by atoms with van der Waals surface area (Å²) in [6.45, 7) is 6.51. The van der Waals surface area contributed by atoms with Gasteiger partial charge in [0, 0.05) is 26.1 Å². The van der Waals surface area contributed by atoms with E-state index in [1.54, 1.807) is 36.1 Å². The Bertz CT molecular complexity index is 992. The number of para-hydroxylation sites is 1. The van der Waals surface area contributed by atoms with Crippen molar-refractivity contribution in [3.05, 3.63) is 65.7 Å². The van der Waals surface area contributed by atoms with E-state index in [0.29, 0.717) is 25.2 Å². The second-order valence-corrected chi connectivity index (χ2v) is 9.76. The lowest BCUT2D eigenvalue weighted by molar-refractivity contribution is -0.140. The molecular formula is C24H33N3O4S. The molecule has 0 saturated heterocycles. The zero-order valence-corrected chi connectivity index (χ0v) is 20.1. The van der Waals surface area contributed by atoms with Crippen LogP contribution in [-0.4, -0.2) is 50.5 Å². The molecule has 0 fully saturated rings. The fourth-order valence-electron chi connectivity index (χ4n) is 3.39. The van der Waals surface area contributed by atoms with Gasteiger partial charge >= 0.3 is 0 Å². The smallest absolute Gasteiger partial charge is 0.242 e. The van der Waals surface area contributed by atoms with Crippen LogP contribution in [-0.2, 0) is 26.2 Å². The van der Waals surface area contributed by atoms with Crippen molar-refractivity contribution in [3.63, 3.8) is 0 Å². The Balaban J connectivity index is 2.12. The van der Waals surface area contributed by atoms with Gasteiger partial charge in [-0.15, -0.1) is 0 Å². The molecule has 0 saturated carbocycles. The van der Waals surface area contributed by atoms with Crippen LogP contribution >= 0.6 is 0 Å². The van der Waals surface area contributed by atoms with E-state index >= 15 is 0 Å². The Hall–Kier alpha value is -2.87. The third-order valence-electron chi connectivity index (χ3n) is 5.19. The number of hydrogen-bond acceptors (Lipinski definition) is 4. The van der Waals surface area contributed by atoms with Gasteiger partial charge in [0.25, 0.3) is 0 Å². The van der Waals surface area contributed by atoms with Gasteiger partial charge in [-0.05, 0) is 44.9 Å². The average molecular weight is 460 g/mol. The summed E-state index contributed by atoms with van der Waals surface area (Å²) in [5.41, 5.74) is 2.61. The summed E-state index contributed by atoms with van der Waals surface area (Å²) in [6, 6.07) is 16.0. The molecule has 0 aliphatic carbocycles. The maximum absolute atomic E-state index is 13.1. The summed E-state index contributed by atoms with van der Waals surface area (Å²) in [4.78, 5) is 27.1. The molecule has 32 heavy (non-hydrogen) atoms. The number of amides is 2. The highest BCUT2D eigenvalue weighted by molar-refractivity contribution is 7.92. The number of rotatable bonds is 11. The first-order valence-electron chi connectivity index (χ1n) is 10.8. The standard InChI is InChI=1S/C24H33N3O4S/c1-5-25-24(29)20(3)26(18-21-15-13-19(2)14-16-21)23(28)12-9-17-27(32(4,30)31)22-10-7-6-8-11-22/h6-8,10-11,13-16,20H,5,9,12,17-18H2,1-4H3,(H,25,29)/t20-/m1/s1. The van der Waals surface area contributed by atoms with Crippen LogP contribution < -0.4 is 9.62 Å². The topological polar surface area (TPSA) is 86.8 Å². The number of hydrogen-bond donors (Lipinski definition) is 1. The number of carbonyl (C=O) groups excluding carboxylic acids is 2. The molecule has 8 heteroatoms. The highest BCUT2D eigenvalue weighted by atomic mass is 32.2. The van der Waals surface area contributed by atoms with Gasteiger partial charge in [-0.25, -0.2) is 8.42 Å². The first kappa shape index (κ1) is 25.4. The molecule has 2 aromatic rings. The van der Waals surface area contributed by atoms with Crippen LogP contribution in [0.15, 0.2) is 54.6 Å². The number of likely N-dealkylation sites (N-methyl/N-ethyl adjacent to an activating group) is 1. The van der Waals surface area contributed by atoms with Crippen molar-refractivity contribution in [2.24, 2.45) is 0 Å². The van der Waals surface area contributed by atoms with Crippen molar-refractivity contribution in [1.29, 1.82) is 0 Å². The predicted molar refractivity (Wildman–Crippen MR) is 128 cm³/mol. The van der Waals surface area contributed by atoms with E-state index in [9.17, 15) is 18.0 Å². The molecule has 0 radical (unpaired) electrons. The molecule has 2 rings (SSSR count). The minimum Gasteiger partial charge on any atom is -0.355 e. The van der Waals surface area contributed by atoms with Crippen LogP contribution in [0.5, 0.6) is 0 Å². The molecule has 0 aliphatic rings. The van der Waals surface area contributed by atoms with E-state index in [2.05, 4.69) is 5.32 Å². The fraction of sp³-hybridized carbons (Fsp3) is 0.417.